The van der Waals surface area contributed by atoms with E-state index in [1.165, 1.54) is 49.0 Å². The van der Waals surface area contributed by atoms with Gasteiger partial charge in [-0.05, 0) is 55.7 Å². The van der Waals surface area contributed by atoms with E-state index >= 15 is 0 Å². The molecule has 0 spiro atoms. The summed E-state index contributed by atoms with van der Waals surface area (Å²) < 4.78 is 0. The zero-order valence-corrected chi connectivity index (χ0v) is 11.7. The molecule has 0 atom stereocenters. The average Bonchev–Trinajstić information content (AvgIpc) is 2.19. The second-order valence-corrected chi connectivity index (χ2v) is 5.91. The molecule has 1 saturated heterocycles. The van der Waals surface area contributed by atoms with E-state index < -0.39 is 0 Å². The Bertz CT molecular complexity index is 379. The molecule has 0 aromatic heterocycles. The topological polar surface area (TPSA) is 12.0 Å². The van der Waals surface area contributed by atoms with Crippen molar-refractivity contribution in [2.45, 2.75) is 47.0 Å². The van der Waals surface area contributed by atoms with Gasteiger partial charge in [-0.1, -0.05) is 31.0 Å². The van der Waals surface area contributed by atoms with Crippen LogP contribution < -0.4 is 5.32 Å². The maximum Gasteiger partial charge on any atom is 0.00234 e. The first-order chi connectivity index (χ1) is 8.06. The molecular formula is C16H25N. The smallest absolute Gasteiger partial charge is 0.00234 e. The number of benzene rings is 1. The fourth-order valence-corrected chi connectivity index (χ4v) is 3.26. The lowest BCUT2D eigenvalue weighted by atomic mass is 9.72. The molecule has 1 aliphatic rings. The molecule has 1 heterocycles. The van der Waals surface area contributed by atoms with Crippen LogP contribution in [0.5, 0.6) is 0 Å². The van der Waals surface area contributed by atoms with Gasteiger partial charge in [-0.15, -0.1) is 0 Å². The van der Waals surface area contributed by atoms with Crippen LogP contribution >= 0.6 is 0 Å². The molecule has 17 heavy (non-hydrogen) atoms. The van der Waals surface area contributed by atoms with Gasteiger partial charge >= 0.3 is 0 Å². The van der Waals surface area contributed by atoms with Crippen LogP contribution in [-0.2, 0) is 6.42 Å². The highest BCUT2D eigenvalue weighted by atomic mass is 15.0. The molecule has 1 fully saturated rings. The summed E-state index contributed by atoms with van der Waals surface area (Å²) in [6, 6.07) is 4.65. The predicted molar refractivity (Wildman–Crippen MR) is 74.6 cm³/mol. The Morgan fingerprint density at radius 1 is 1.12 bits per heavy atom. The normalized spacial score (nSPS) is 17.9. The molecule has 1 aromatic carbocycles. The van der Waals surface area contributed by atoms with E-state index in [-0.39, 0.29) is 0 Å². The molecule has 0 aliphatic carbocycles. The standard InChI is InChI=1S/C16H25N/c1-5-6-16(10-17-11-16)9-15-13(3)7-12(2)8-14(15)4/h7-8,17H,5-6,9-11H2,1-4H3. The zero-order chi connectivity index (χ0) is 12.5. The van der Waals surface area contributed by atoms with Gasteiger partial charge in [0.25, 0.3) is 0 Å². The number of nitrogens with one attached hydrogen (secondary N) is 1. The quantitative estimate of drug-likeness (QED) is 0.835. The molecular weight excluding hydrogens is 206 g/mol. The lowest BCUT2D eigenvalue weighted by Gasteiger charge is -2.43. The Hall–Kier alpha value is -0.820. The second-order valence-electron chi connectivity index (χ2n) is 5.91. The molecule has 2 rings (SSSR count). The van der Waals surface area contributed by atoms with E-state index in [4.69, 9.17) is 0 Å². The first-order valence-electron chi connectivity index (χ1n) is 6.84. The third-order valence-corrected chi connectivity index (χ3v) is 4.17. The highest BCUT2D eigenvalue weighted by Gasteiger charge is 2.36. The number of rotatable bonds is 4. The van der Waals surface area contributed by atoms with Gasteiger partial charge in [-0.25, -0.2) is 0 Å². The van der Waals surface area contributed by atoms with Crippen LogP contribution in [0.25, 0.3) is 0 Å². The lowest BCUT2D eigenvalue weighted by Crippen LogP contribution is -2.54. The Morgan fingerprint density at radius 3 is 2.12 bits per heavy atom. The van der Waals surface area contributed by atoms with Crippen molar-refractivity contribution < 1.29 is 0 Å². The van der Waals surface area contributed by atoms with Crippen LogP contribution in [0.2, 0.25) is 0 Å². The van der Waals surface area contributed by atoms with E-state index in [0.717, 1.165) is 0 Å². The predicted octanol–water partition coefficient (Wildman–Crippen LogP) is 3.54. The Kier molecular flexibility index (Phi) is 3.58. The molecule has 1 heteroatoms. The summed E-state index contributed by atoms with van der Waals surface area (Å²) in [5, 5.41) is 3.46. The number of aryl methyl sites for hydroxylation is 3. The van der Waals surface area contributed by atoms with Gasteiger partial charge < -0.3 is 5.32 Å². The van der Waals surface area contributed by atoms with E-state index in [1.54, 1.807) is 5.56 Å². The molecule has 1 aliphatic heterocycles. The maximum absolute atomic E-state index is 3.46. The first kappa shape index (κ1) is 12.6. The van der Waals surface area contributed by atoms with Crippen molar-refractivity contribution in [2.24, 2.45) is 5.41 Å². The summed E-state index contributed by atoms with van der Waals surface area (Å²) in [6.07, 6.45) is 3.91. The fourth-order valence-electron chi connectivity index (χ4n) is 3.26. The van der Waals surface area contributed by atoms with Crippen molar-refractivity contribution >= 4 is 0 Å². The van der Waals surface area contributed by atoms with Crippen molar-refractivity contribution in [3.05, 3.63) is 34.4 Å². The lowest BCUT2D eigenvalue weighted by molar-refractivity contribution is 0.150. The van der Waals surface area contributed by atoms with Gasteiger partial charge in [0.05, 0.1) is 0 Å². The first-order valence-corrected chi connectivity index (χ1v) is 6.84. The highest BCUT2D eigenvalue weighted by Crippen LogP contribution is 2.34. The summed E-state index contributed by atoms with van der Waals surface area (Å²) in [4.78, 5) is 0. The SMILES string of the molecule is CCCC1(Cc2c(C)cc(C)cc2C)CNC1. The molecule has 1 N–H and O–H groups in total. The third-order valence-electron chi connectivity index (χ3n) is 4.17. The average molecular weight is 231 g/mol. The van der Waals surface area contributed by atoms with Crippen molar-refractivity contribution in [3.8, 4) is 0 Å². The Morgan fingerprint density at radius 2 is 1.71 bits per heavy atom. The monoisotopic (exact) mass is 231 g/mol. The molecule has 1 nitrogen and oxygen atoms in total. The van der Waals surface area contributed by atoms with Crippen molar-refractivity contribution in [3.63, 3.8) is 0 Å². The summed E-state index contributed by atoms with van der Waals surface area (Å²) in [6.45, 7) is 11.4. The van der Waals surface area contributed by atoms with Crippen LogP contribution in [0, 0.1) is 26.2 Å². The van der Waals surface area contributed by atoms with Crippen molar-refractivity contribution in [2.75, 3.05) is 13.1 Å². The molecule has 0 unspecified atom stereocenters. The van der Waals surface area contributed by atoms with Crippen LogP contribution in [0.15, 0.2) is 12.1 Å². The summed E-state index contributed by atoms with van der Waals surface area (Å²) in [7, 11) is 0. The Labute approximate surface area is 106 Å². The largest absolute Gasteiger partial charge is 0.316 e. The van der Waals surface area contributed by atoms with Gasteiger partial charge in [0, 0.05) is 13.1 Å². The van der Waals surface area contributed by atoms with E-state index in [1.807, 2.05) is 0 Å². The molecule has 1 aromatic rings. The van der Waals surface area contributed by atoms with Gasteiger partial charge in [-0.3, -0.25) is 0 Å². The van der Waals surface area contributed by atoms with Crippen LogP contribution in [0.3, 0.4) is 0 Å². The van der Waals surface area contributed by atoms with E-state index in [9.17, 15) is 0 Å². The molecule has 0 saturated carbocycles. The number of hydrogen-bond donors (Lipinski definition) is 1. The van der Waals surface area contributed by atoms with Gasteiger partial charge in [0.2, 0.25) is 0 Å². The third kappa shape index (κ3) is 2.55. The Balaban J connectivity index is 2.23. The van der Waals surface area contributed by atoms with E-state index in [2.05, 4.69) is 45.1 Å². The van der Waals surface area contributed by atoms with Crippen LogP contribution in [0.4, 0.5) is 0 Å². The molecule has 0 radical (unpaired) electrons. The number of hydrogen-bond acceptors (Lipinski definition) is 1. The van der Waals surface area contributed by atoms with Gasteiger partial charge in [-0.2, -0.15) is 0 Å². The fraction of sp³-hybridized carbons (Fsp3) is 0.625. The molecule has 94 valence electrons. The van der Waals surface area contributed by atoms with E-state index in [0.29, 0.717) is 5.41 Å². The summed E-state index contributed by atoms with van der Waals surface area (Å²) in [5.41, 5.74) is 6.47. The maximum atomic E-state index is 3.46. The minimum atomic E-state index is 0.541. The van der Waals surface area contributed by atoms with Crippen molar-refractivity contribution in [1.82, 2.24) is 5.32 Å². The summed E-state index contributed by atoms with van der Waals surface area (Å²) >= 11 is 0. The second kappa shape index (κ2) is 4.81. The van der Waals surface area contributed by atoms with Crippen LogP contribution in [-0.4, -0.2) is 13.1 Å². The molecule has 0 bridgehead atoms. The van der Waals surface area contributed by atoms with Gasteiger partial charge in [0.1, 0.15) is 0 Å². The van der Waals surface area contributed by atoms with Gasteiger partial charge in [0.15, 0.2) is 0 Å². The minimum absolute atomic E-state index is 0.541. The minimum Gasteiger partial charge on any atom is -0.316 e. The highest BCUT2D eigenvalue weighted by molar-refractivity contribution is 5.38. The zero-order valence-electron chi connectivity index (χ0n) is 11.7. The van der Waals surface area contributed by atoms with Crippen LogP contribution in [0.1, 0.15) is 42.0 Å². The molecule has 0 amide bonds. The summed E-state index contributed by atoms with van der Waals surface area (Å²) in [5.74, 6) is 0. The van der Waals surface area contributed by atoms with Crippen molar-refractivity contribution in [1.29, 1.82) is 0 Å².